The fourth-order valence-corrected chi connectivity index (χ4v) is 4.72. The molecule has 0 atom stereocenters. The number of imidazole rings is 1. The van der Waals surface area contributed by atoms with Crippen molar-refractivity contribution >= 4 is 38.6 Å². The second kappa shape index (κ2) is 10.7. The third-order valence-electron chi connectivity index (χ3n) is 5.48. The van der Waals surface area contributed by atoms with Gasteiger partial charge in [0.25, 0.3) is 15.9 Å². The zero-order chi connectivity index (χ0) is 24.8. The minimum atomic E-state index is -3.78. The average molecular weight is 493 g/mol. The molecule has 2 N–H and O–H groups in total. The van der Waals surface area contributed by atoms with Gasteiger partial charge in [0, 0.05) is 31.0 Å². The van der Waals surface area contributed by atoms with E-state index >= 15 is 0 Å². The first kappa shape index (κ1) is 24.4. The number of hydrogen-bond acceptors (Lipinski definition) is 5. The lowest BCUT2D eigenvalue weighted by atomic mass is 10.2. The Balaban J connectivity index is 1.50. The summed E-state index contributed by atoms with van der Waals surface area (Å²) >= 11 is 0. The van der Waals surface area contributed by atoms with Crippen molar-refractivity contribution in [2.24, 2.45) is 0 Å². The monoisotopic (exact) mass is 492 g/mol. The number of benzene rings is 3. The molecule has 0 aliphatic heterocycles. The molecule has 35 heavy (non-hydrogen) atoms. The van der Waals surface area contributed by atoms with Gasteiger partial charge in [-0.15, -0.1) is 0 Å². The van der Waals surface area contributed by atoms with Crippen LogP contribution in [0.25, 0.3) is 11.0 Å². The summed E-state index contributed by atoms with van der Waals surface area (Å²) in [6.45, 7) is 5.78. The van der Waals surface area contributed by atoms with E-state index < -0.39 is 10.0 Å². The normalized spacial score (nSPS) is 11.5. The molecule has 0 unspecified atom stereocenters. The SMILES string of the molecule is CCOCCCn1c(NC(=O)c2ccc(S(=O)(=O)Nc3ccc(C)cc3)cc2)nc2ccccc21. The number of anilines is 2. The summed E-state index contributed by atoms with van der Waals surface area (Å²) in [5.41, 5.74) is 3.53. The van der Waals surface area contributed by atoms with Gasteiger partial charge < -0.3 is 9.30 Å². The van der Waals surface area contributed by atoms with Crippen LogP contribution in [0.15, 0.2) is 77.7 Å². The highest BCUT2D eigenvalue weighted by Crippen LogP contribution is 2.22. The Kier molecular flexibility index (Phi) is 7.48. The van der Waals surface area contributed by atoms with Crippen LogP contribution in [0.5, 0.6) is 0 Å². The lowest BCUT2D eigenvalue weighted by Crippen LogP contribution is -2.17. The topological polar surface area (TPSA) is 102 Å². The molecule has 0 spiro atoms. The van der Waals surface area contributed by atoms with Crippen LogP contribution in [0, 0.1) is 6.92 Å². The van der Waals surface area contributed by atoms with Crippen molar-refractivity contribution in [2.75, 3.05) is 23.3 Å². The molecule has 1 heterocycles. The molecule has 0 aliphatic carbocycles. The zero-order valence-corrected chi connectivity index (χ0v) is 20.5. The summed E-state index contributed by atoms with van der Waals surface area (Å²) in [5.74, 6) is 0.0623. The van der Waals surface area contributed by atoms with E-state index in [2.05, 4.69) is 15.0 Å². The van der Waals surface area contributed by atoms with Gasteiger partial charge >= 0.3 is 0 Å². The number of amides is 1. The number of hydrogen-bond donors (Lipinski definition) is 2. The molecule has 182 valence electrons. The summed E-state index contributed by atoms with van der Waals surface area (Å²) in [6.07, 6.45) is 0.775. The number of carbonyl (C=O) groups excluding carboxylic acids is 1. The van der Waals surface area contributed by atoms with Crippen LogP contribution in [-0.2, 0) is 21.3 Å². The van der Waals surface area contributed by atoms with E-state index in [-0.39, 0.29) is 10.8 Å². The van der Waals surface area contributed by atoms with Gasteiger partial charge in [0.1, 0.15) is 0 Å². The average Bonchev–Trinajstić information content (AvgIpc) is 3.20. The lowest BCUT2D eigenvalue weighted by Gasteiger charge is -2.11. The predicted octanol–water partition coefficient (Wildman–Crippen LogP) is 4.82. The Hall–Kier alpha value is -3.69. The molecule has 4 aromatic rings. The molecule has 1 aromatic heterocycles. The number of aryl methyl sites for hydroxylation is 2. The van der Waals surface area contributed by atoms with Gasteiger partial charge in [-0.1, -0.05) is 29.8 Å². The summed E-state index contributed by atoms with van der Waals surface area (Å²) in [7, 11) is -3.78. The van der Waals surface area contributed by atoms with Crippen LogP contribution < -0.4 is 10.0 Å². The number of carbonyl (C=O) groups is 1. The number of sulfonamides is 1. The Morgan fingerprint density at radius 1 is 1.00 bits per heavy atom. The Morgan fingerprint density at radius 2 is 1.71 bits per heavy atom. The number of para-hydroxylation sites is 2. The van der Waals surface area contributed by atoms with Crippen molar-refractivity contribution in [1.29, 1.82) is 0 Å². The molecule has 0 aliphatic rings. The summed E-state index contributed by atoms with van der Waals surface area (Å²) in [6, 6.07) is 20.5. The molecule has 0 saturated heterocycles. The third kappa shape index (κ3) is 5.87. The quantitative estimate of drug-likeness (QED) is 0.309. The molecular formula is C26H28N4O4S. The van der Waals surface area contributed by atoms with Crippen LogP contribution >= 0.6 is 0 Å². The van der Waals surface area contributed by atoms with Crippen molar-refractivity contribution in [1.82, 2.24) is 9.55 Å². The van der Waals surface area contributed by atoms with E-state index in [0.717, 1.165) is 23.0 Å². The maximum Gasteiger partial charge on any atom is 0.261 e. The fourth-order valence-electron chi connectivity index (χ4n) is 3.66. The molecule has 0 bridgehead atoms. The van der Waals surface area contributed by atoms with Crippen molar-refractivity contribution < 1.29 is 17.9 Å². The molecule has 0 saturated carbocycles. The van der Waals surface area contributed by atoms with Crippen LogP contribution in [0.1, 0.15) is 29.3 Å². The van der Waals surface area contributed by atoms with Crippen LogP contribution in [0.3, 0.4) is 0 Å². The highest BCUT2D eigenvalue weighted by molar-refractivity contribution is 7.92. The van der Waals surface area contributed by atoms with Crippen molar-refractivity contribution in [3.8, 4) is 0 Å². The molecule has 8 nitrogen and oxygen atoms in total. The van der Waals surface area contributed by atoms with Gasteiger partial charge in [0.05, 0.1) is 15.9 Å². The Labute approximate surface area is 205 Å². The molecule has 3 aromatic carbocycles. The summed E-state index contributed by atoms with van der Waals surface area (Å²) in [5, 5.41) is 2.87. The van der Waals surface area contributed by atoms with Crippen molar-refractivity contribution in [3.05, 3.63) is 83.9 Å². The molecule has 0 radical (unpaired) electrons. The van der Waals surface area contributed by atoms with Gasteiger partial charge in [0.2, 0.25) is 5.95 Å². The standard InChI is InChI=1S/C26H28N4O4S/c1-3-34-18-6-17-30-24-8-5-4-7-23(24)27-26(30)28-25(31)20-11-15-22(16-12-20)35(32,33)29-21-13-9-19(2)10-14-21/h4-5,7-16,29H,3,6,17-18H2,1-2H3,(H,27,28,31). The van der Waals surface area contributed by atoms with Gasteiger partial charge in [-0.25, -0.2) is 13.4 Å². The van der Waals surface area contributed by atoms with Crippen LogP contribution in [0.4, 0.5) is 11.6 Å². The first-order chi connectivity index (χ1) is 16.9. The van der Waals surface area contributed by atoms with E-state index in [9.17, 15) is 13.2 Å². The first-order valence-electron chi connectivity index (χ1n) is 11.4. The lowest BCUT2D eigenvalue weighted by molar-refractivity contribution is 0.102. The largest absolute Gasteiger partial charge is 0.382 e. The van der Waals surface area contributed by atoms with E-state index in [1.54, 1.807) is 12.1 Å². The molecule has 1 amide bonds. The van der Waals surface area contributed by atoms with Gasteiger partial charge in [-0.2, -0.15) is 0 Å². The maximum absolute atomic E-state index is 12.9. The number of ether oxygens (including phenoxy) is 1. The summed E-state index contributed by atoms with van der Waals surface area (Å²) in [4.78, 5) is 17.6. The predicted molar refractivity (Wildman–Crippen MR) is 137 cm³/mol. The minimum absolute atomic E-state index is 0.0674. The van der Waals surface area contributed by atoms with Crippen molar-refractivity contribution in [2.45, 2.75) is 31.7 Å². The number of nitrogens with zero attached hydrogens (tertiary/aromatic N) is 2. The number of rotatable bonds is 10. The van der Waals surface area contributed by atoms with E-state index in [1.165, 1.54) is 24.3 Å². The smallest absolute Gasteiger partial charge is 0.261 e. The van der Waals surface area contributed by atoms with E-state index in [0.29, 0.717) is 37.0 Å². The Bertz CT molecular complexity index is 1410. The second-order valence-electron chi connectivity index (χ2n) is 8.08. The summed E-state index contributed by atoms with van der Waals surface area (Å²) < 4.78 is 35.4. The van der Waals surface area contributed by atoms with E-state index in [1.807, 2.05) is 54.8 Å². The van der Waals surface area contributed by atoms with Crippen molar-refractivity contribution in [3.63, 3.8) is 0 Å². The molecule has 9 heteroatoms. The highest BCUT2D eigenvalue weighted by Gasteiger charge is 2.17. The zero-order valence-electron chi connectivity index (χ0n) is 19.7. The molecule has 4 rings (SSSR count). The van der Waals surface area contributed by atoms with Gasteiger partial charge in [-0.3, -0.25) is 14.8 Å². The first-order valence-corrected chi connectivity index (χ1v) is 12.9. The van der Waals surface area contributed by atoms with Gasteiger partial charge in [-0.05, 0) is 68.8 Å². The minimum Gasteiger partial charge on any atom is -0.382 e. The molecular weight excluding hydrogens is 464 g/mol. The van der Waals surface area contributed by atoms with Crippen LogP contribution in [0.2, 0.25) is 0 Å². The highest BCUT2D eigenvalue weighted by atomic mass is 32.2. The van der Waals surface area contributed by atoms with Gasteiger partial charge in [0.15, 0.2) is 0 Å². The maximum atomic E-state index is 12.9. The second-order valence-corrected chi connectivity index (χ2v) is 9.76. The number of nitrogens with one attached hydrogen (secondary N) is 2. The number of aromatic nitrogens is 2. The van der Waals surface area contributed by atoms with Crippen LogP contribution in [-0.4, -0.2) is 37.1 Å². The third-order valence-corrected chi connectivity index (χ3v) is 6.88. The fraction of sp³-hybridized carbons (Fsp3) is 0.231. The number of fused-ring (bicyclic) bond motifs is 1. The molecule has 0 fully saturated rings. The van der Waals surface area contributed by atoms with E-state index in [4.69, 9.17) is 4.74 Å². The Morgan fingerprint density at radius 3 is 2.43 bits per heavy atom.